The van der Waals surface area contributed by atoms with Crippen molar-refractivity contribution in [3.63, 3.8) is 0 Å². The van der Waals surface area contributed by atoms with Crippen LogP contribution in [0, 0.1) is 5.41 Å². The third-order valence-electron chi connectivity index (χ3n) is 8.51. The molecule has 5 rings (SSSR count). The van der Waals surface area contributed by atoms with E-state index in [0.29, 0.717) is 23.6 Å². The Bertz CT molecular complexity index is 1110. The minimum atomic E-state index is -0.530. The number of amides is 1. The van der Waals surface area contributed by atoms with Crippen molar-refractivity contribution in [2.45, 2.75) is 69.7 Å². The van der Waals surface area contributed by atoms with Crippen LogP contribution in [0.2, 0.25) is 10.0 Å². The smallest absolute Gasteiger partial charge is 0.229 e. The summed E-state index contributed by atoms with van der Waals surface area (Å²) >= 11 is 12.8. The monoisotopic (exact) mass is 526 g/mol. The van der Waals surface area contributed by atoms with Gasteiger partial charge in [0.1, 0.15) is 0 Å². The molecule has 3 aliphatic heterocycles. The van der Waals surface area contributed by atoms with Crippen molar-refractivity contribution in [3.05, 3.63) is 82.4 Å². The summed E-state index contributed by atoms with van der Waals surface area (Å²) in [5, 5.41) is 1.42. The second-order valence-electron chi connectivity index (χ2n) is 11.0. The Balaban J connectivity index is 1.60. The van der Waals surface area contributed by atoms with E-state index >= 15 is 0 Å². The van der Waals surface area contributed by atoms with Crippen LogP contribution in [0.4, 0.5) is 0 Å². The number of hydrogen-bond donors (Lipinski definition) is 0. The number of likely N-dealkylation sites (tertiary alicyclic amines) is 2. The van der Waals surface area contributed by atoms with Crippen molar-refractivity contribution in [1.29, 1.82) is 0 Å². The number of ether oxygens (including phenoxy) is 1. The van der Waals surface area contributed by atoms with Gasteiger partial charge in [-0.15, -0.1) is 6.58 Å². The van der Waals surface area contributed by atoms with Gasteiger partial charge >= 0.3 is 0 Å². The van der Waals surface area contributed by atoms with Crippen molar-refractivity contribution in [3.8, 4) is 0 Å². The minimum Gasteiger partial charge on any atom is -0.375 e. The quantitative estimate of drug-likeness (QED) is 0.351. The normalized spacial score (nSPS) is 31.1. The van der Waals surface area contributed by atoms with Gasteiger partial charge < -0.3 is 9.64 Å². The molecule has 4 nitrogen and oxygen atoms in total. The summed E-state index contributed by atoms with van der Waals surface area (Å²) in [7, 11) is 0. The predicted molar refractivity (Wildman–Crippen MR) is 147 cm³/mol. The Morgan fingerprint density at radius 2 is 1.94 bits per heavy atom. The molecule has 3 heterocycles. The second kappa shape index (κ2) is 10.5. The number of carbonyl (C=O) groups is 1. The number of fused-ring (bicyclic) bond motifs is 2. The molecule has 0 radical (unpaired) electrons. The summed E-state index contributed by atoms with van der Waals surface area (Å²) in [4.78, 5) is 19.2. The van der Waals surface area contributed by atoms with E-state index in [2.05, 4.69) is 54.5 Å². The van der Waals surface area contributed by atoms with E-state index in [9.17, 15) is 4.79 Å². The van der Waals surface area contributed by atoms with E-state index in [1.165, 1.54) is 5.56 Å². The van der Waals surface area contributed by atoms with Gasteiger partial charge in [-0.05, 0) is 61.1 Å². The van der Waals surface area contributed by atoms with Crippen LogP contribution in [0.15, 0.2) is 61.2 Å². The van der Waals surface area contributed by atoms with Gasteiger partial charge in [0, 0.05) is 41.1 Å². The molecule has 6 heteroatoms. The summed E-state index contributed by atoms with van der Waals surface area (Å²) < 4.78 is 5.86. The van der Waals surface area contributed by atoms with Gasteiger partial charge in [-0.1, -0.05) is 67.4 Å². The Morgan fingerprint density at radius 1 is 1.17 bits per heavy atom. The number of benzene rings is 2. The molecule has 6 atom stereocenters. The molecule has 3 aliphatic rings. The number of morpholine rings is 1. The first kappa shape index (κ1) is 25.8. The molecule has 3 saturated heterocycles. The average molecular weight is 528 g/mol. The Hall–Kier alpha value is -1.85. The fourth-order valence-electron chi connectivity index (χ4n) is 6.68. The molecule has 0 spiro atoms. The van der Waals surface area contributed by atoms with Crippen LogP contribution < -0.4 is 0 Å². The molecule has 36 heavy (non-hydrogen) atoms. The van der Waals surface area contributed by atoms with Crippen molar-refractivity contribution in [2.75, 3.05) is 19.7 Å². The SMILES string of the molecule is C=CCC1(C)CC(c2cccc(Cl)c2)C(c2ccc(Cl)cc2)N(C(CC)CN2CC3CC2CO3)C1=O. The largest absolute Gasteiger partial charge is 0.375 e. The van der Waals surface area contributed by atoms with Crippen molar-refractivity contribution in [2.24, 2.45) is 5.41 Å². The average Bonchev–Trinajstić information content (AvgIpc) is 3.49. The summed E-state index contributed by atoms with van der Waals surface area (Å²) in [5.41, 5.74) is 1.75. The maximum absolute atomic E-state index is 14.4. The lowest BCUT2D eigenvalue weighted by molar-refractivity contribution is -0.155. The molecule has 192 valence electrons. The Labute approximate surface area is 225 Å². The molecular formula is C30H36Cl2N2O2. The highest BCUT2D eigenvalue weighted by atomic mass is 35.5. The lowest BCUT2D eigenvalue weighted by atomic mass is 9.67. The number of halogens is 2. The predicted octanol–water partition coefficient (Wildman–Crippen LogP) is 6.88. The number of carbonyl (C=O) groups excluding carboxylic acids is 1. The van der Waals surface area contributed by atoms with Gasteiger partial charge in [0.05, 0.1) is 24.2 Å². The highest BCUT2D eigenvalue weighted by molar-refractivity contribution is 6.30. The third-order valence-corrected chi connectivity index (χ3v) is 9.00. The standard InChI is InChI=1S/C30H36Cl2N2O2/c1-4-13-30(3)16-27(21-7-6-8-23(32)14-21)28(20-9-11-22(31)12-10-20)34(29(30)35)24(5-2)17-33-18-26-15-25(33)19-36-26/h4,6-12,14,24-28H,1,5,13,15-19H2,2-3H3. The van der Waals surface area contributed by atoms with Gasteiger partial charge in [-0.3, -0.25) is 9.69 Å². The van der Waals surface area contributed by atoms with Crippen LogP contribution in [0.3, 0.4) is 0 Å². The number of hydrogen-bond acceptors (Lipinski definition) is 3. The van der Waals surface area contributed by atoms with Crippen LogP contribution in [0.1, 0.15) is 62.6 Å². The molecule has 3 fully saturated rings. The molecule has 2 aromatic carbocycles. The molecule has 2 aromatic rings. The summed E-state index contributed by atoms with van der Waals surface area (Å²) in [6, 6.07) is 16.6. The van der Waals surface area contributed by atoms with E-state index < -0.39 is 5.41 Å². The second-order valence-corrected chi connectivity index (χ2v) is 11.9. The Kier molecular flexibility index (Phi) is 7.51. The van der Waals surface area contributed by atoms with E-state index in [-0.39, 0.29) is 23.9 Å². The lowest BCUT2D eigenvalue weighted by Crippen LogP contribution is -2.58. The Morgan fingerprint density at radius 3 is 2.56 bits per heavy atom. The first-order valence-electron chi connectivity index (χ1n) is 13.1. The zero-order valence-electron chi connectivity index (χ0n) is 21.2. The number of piperidine rings is 1. The maximum Gasteiger partial charge on any atom is 0.229 e. The molecular weight excluding hydrogens is 491 g/mol. The van der Waals surface area contributed by atoms with Crippen molar-refractivity contribution >= 4 is 29.1 Å². The maximum atomic E-state index is 14.4. The summed E-state index contributed by atoms with van der Waals surface area (Å²) in [6.45, 7) is 10.9. The van der Waals surface area contributed by atoms with Gasteiger partial charge in [0.15, 0.2) is 0 Å². The van der Waals surface area contributed by atoms with Crippen LogP contribution in [-0.2, 0) is 9.53 Å². The first-order chi connectivity index (χ1) is 17.3. The lowest BCUT2D eigenvalue weighted by Gasteiger charge is -2.52. The number of allylic oxidation sites excluding steroid dienone is 1. The zero-order chi connectivity index (χ0) is 25.4. The van der Waals surface area contributed by atoms with Crippen LogP contribution in [-0.4, -0.2) is 53.6 Å². The summed E-state index contributed by atoms with van der Waals surface area (Å²) in [5.74, 6) is 0.313. The third kappa shape index (κ3) is 4.86. The van der Waals surface area contributed by atoms with E-state index in [0.717, 1.165) is 49.5 Å². The van der Waals surface area contributed by atoms with E-state index in [1.54, 1.807) is 0 Å². The van der Waals surface area contributed by atoms with E-state index in [1.807, 2.05) is 30.3 Å². The van der Waals surface area contributed by atoms with E-state index in [4.69, 9.17) is 27.9 Å². The molecule has 0 aliphatic carbocycles. The highest BCUT2D eigenvalue weighted by Gasteiger charge is 2.51. The molecule has 6 unspecified atom stereocenters. The van der Waals surface area contributed by atoms with Gasteiger partial charge in [0.2, 0.25) is 5.91 Å². The molecule has 0 N–H and O–H groups in total. The van der Waals surface area contributed by atoms with Gasteiger partial charge in [-0.2, -0.15) is 0 Å². The zero-order valence-corrected chi connectivity index (χ0v) is 22.7. The molecule has 2 bridgehead atoms. The van der Waals surface area contributed by atoms with Crippen LogP contribution >= 0.6 is 23.2 Å². The minimum absolute atomic E-state index is 0.0867. The fraction of sp³-hybridized carbons (Fsp3) is 0.500. The molecule has 0 aromatic heterocycles. The number of rotatable bonds is 8. The number of nitrogens with zero attached hydrogens (tertiary/aromatic N) is 2. The van der Waals surface area contributed by atoms with Crippen molar-refractivity contribution in [1.82, 2.24) is 9.80 Å². The van der Waals surface area contributed by atoms with Gasteiger partial charge in [-0.25, -0.2) is 0 Å². The molecule has 0 saturated carbocycles. The van der Waals surface area contributed by atoms with Crippen LogP contribution in [0.25, 0.3) is 0 Å². The van der Waals surface area contributed by atoms with Gasteiger partial charge in [0.25, 0.3) is 0 Å². The van der Waals surface area contributed by atoms with Crippen LogP contribution in [0.5, 0.6) is 0 Å². The molecule has 1 amide bonds. The topological polar surface area (TPSA) is 32.8 Å². The van der Waals surface area contributed by atoms with Crippen molar-refractivity contribution < 1.29 is 9.53 Å². The summed E-state index contributed by atoms with van der Waals surface area (Å²) in [6.07, 6.45) is 5.60. The fourth-order valence-corrected chi connectivity index (χ4v) is 7.00. The first-order valence-corrected chi connectivity index (χ1v) is 13.9. The highest BCUT2D eigenvalue weighted by Crippen LogP contribution is 2.52.